The lowest BCUT2D eigenvalue weighted by Crippen LogP contribution is -2.44. The molecule has 4 nitrogen and oxygen atoms in total. The van der Waals surface area contributed by atoms with Crippen LogP contribution in [0.2, 0.25) is 0 Å². The van der Waals surface area contributed by atoms with Gasteiger partial charge in [0.2, 0.25) is 0 Å². The van der Waals surface area contributed by atoms with Crippen molar-refractivity contribution in [3.05, 3.63) is 22.4 Å². The fourth-order valence-electron chi connectivity index (χ4n) is 2.23. The monoisotopic (exact) mass is 300 g/mol. The molecule has 1 heterocycles. The first-order valence-electron chi connectivity index (χ1n) is 5.94. The van der Waals surface area contributed by atoms with E-state index in [9.17, 15) is 9.90 Å². The third kappa shape index (κ3) is 3.33. The van der Waals surface area contributed by atoms with Gasteiger partial charge in [-0.1, -0.05) is 19.3 Å². The standard InChI is InChI=1S/C12H17BrN2O2/c13-9-6-10(14-7-9)11(16)15-8-12(17)4-2-1-3-5-12/h6-7,14,17H,1-5,8H2,(H,15,16). The van der Waals surface area contributed by atoms with Crippen molar-refractivity contribution in [1.29, 1.82) is 0 Å². The van der Waals surface area contributed by atoms with Crippen molar-refractivity contribution in [3.63, 3.8) is 0 Å². The second-order valence-corrected chi connectivity index (χ2v) is 5.61. The molecule has 17 heavy (non-hydrogen) atoms. The van der Waals surface area contributed by atoms with Crippen LogP contribution in [-0.4, -0.2) is 28.1 Å². The van der Waals surface area contributed by atoms with Crippen molar-refractivity contribution in [2.24, 2.45) is 0 Å². The number of nitrogens with one attached hydrogen (secondary N) is 2. The van der Waals surface area contributed by atoms with Crippen molar-refractivity contribution in [2.75, 3.05) is 6.54 Å². The van der Waals surface area contributed by atoms with Crippen molar-refractivity contribution >= 4 is 21.8 Å². The second-order valence-electron chi connectivity index (χ2n) is 4.70. The molecular formula is C12H17BrN2O2. The number of carbonyl (C=O) groups excluding carboxylic acids is 1. The summed E-state index contributed by atoms with van der Waals surface area (Å²) < 4.78 is 0.846. The van der Waals surface area contributed by atoms with Crippen LogP contribution in [0.15, 0.2) is 16.7 Å². The van der Waals surface area contributed by atoms with Gasteiger partial charge in [-0.25, -0.2) is 0 Å². The van der Waals surface area contributed by atoms with E-state index >= 15 is 0 Å². The summed E-state index contributed by atoms with van der Waals surface area (Å²) in [6, 6.07) is 1.72. The molecule has 0 atom stereocenters. The smallest absolute Gasteiger partial charge is 0.267 e. The Kier molecular flexibility index (Phi) is 3.89. The minimum absolute atomic E-state index is 0.172. The first kappa shape index (κ1) is 12.6. The van der Waals surface area contributed by atoms with Gasteiger partial charge < -0.3 is 15.4 Å². The van der Waals surface area contributed by atoms with E-state index in [4.69, 9.17) is 0 Å². The van der Waals surface area contributed by atoms with E-state index in [1.54, 1.807) is 12.3 Å². The molecule has 1 aliphatic rings. The van der Waals surface area contributed by atoms with Gasteiger partial charge in [-0.2, -0.15) is 0 Å². The summed E-state index contributed by atoms with van der Waals surface area (Å²) in [4.78, 5) is 14.6. The normalized spacial score (nSPS) is 18.9. The van der Waals surface area contributed by atoms with E-state index in [0.717, 1.165) is 30.2 Å². The molecule has 0 spiro atoms. The molecule has 1 saturated carbocycles. The van der Waals surface area contributed by atoms with Gasteiger partial charge in [0.1, 0.15) is 5.69 Å². The van der Waals surface area contributed by atoms with Gasteiger partial charge in [0.05, 0.1) is 5.60 Å². The molecule has 94 valence electrons. The maximum atomic E-state index is 11.8. The zero-order valence-corrected chi connectivity index (χ0v) is 11.2. The van der Waals surface area contributed by atoms with Crippen molar-refractivity contribution in [3.8, 4) is 0 Å². The maximum Gasteiger partial charge on any atom is 0.267 e. The molecule has 0 unspecified atom stereocenters. The summed E-state index contributed by atoms with van der Waals surface area (Å²) >= 11 is 3.28. The lowest BCUT2D eigenvalue weighted by molar-refractivity contribution is 0.00522. The van der Waals surface area contributed by atoms with Crippen LogP contribution < -0.4 is 5.32 Å². The molecular weight excluding hydrogens is 284 g/mol. The molecule has 5 heteroatoms. The molecule has 1 aliphatic carbocycles. The van der Waals surface area contributed by atoms with E-state index in [1.165, 1.54) is 6.42 Å². The van der Waals surface area contributed by atoms with Gasteiger partial charge in [-0.15, -0.1) is 0 Å². The first-order valence-corrected chi connectivity index (χ1v) is 6.73. The largest absolute Gasteiger partial charge is 0.388 e. The third-order valence-corrected chi connectivity index (χ3v) is 3.71. The SMILES string of the molecule is O=C(NCC1(O)CCCCC1)c1cc(Br)c[nH]1. The van der Waals surface area contributed by atoms with Crippen LogP contribution in [0.1, 0.15) is 42.6 Å². The quantitative estimate of drug-likeness (QED) is 0.801. The highest BCUT2D eigenvalue weighted by Gasteiger charge is 2.29. The topological polar surface area (TPSA) is 65.1 Å². The predicted octanol–water partition coefficient (Wildman–Crippen LogP) is 2.20. The minimum Gasteiger partial charge on any atom is -0.388 e. The zero-order chi connectivity index (χ0) is 12.3. The Labute approximate surface area is 109 Å². The Balaban J connectivity index is 1.87. The lowest BCUT2D eigenvalue weighted by atomic mass is 9.85. The predicted molar refractivity (Wildman–Crippen MR) is 68.9 cm³/mol. The lowest BCUT2D eigenvalue weighted by Gasteiger charge is -2.32. The van der Waals surface area contributed by atoms with Crippen LogP contribution in [0.4, 0.5) is 0 Å². The molecule has 0 saturated heterocycles. The molecule has 3 N–H and O–H groups in total. The van der Waals surface area contributed by atoms with Gasteiger partial charge in [-0.05, 0) is 34.8 Å². The molecule has 0 bridgehead atoms. The highest BCUT2D eigenvalue weighted by molar-refractivity contribution is 9.10. The molecule has 0 aliphatic heterocycles. The Hall–Kier alpha value is -0.810. The number of amides is 1. The average molecular weight is 301 g/mol. The molecule has 0 radical (unpaired) electrons. The summed E-state index contributed by atoms with van der Waals surface area (Å²) in [5.41, 5.74) is -0.200. The summed E-state index contributed by atoms with van der Waals surface area (Å²) in [6.07, 6.45) is 6.54. The van der Waals surface area contributed by atoms with E-state index in [1.807, 2.05) is 0 Å². The molecule has 0 aromatic carbocycles. The summed E-state index contributed by atoms with van der Waals surface area (Å²) in [5.74, 6) is -0.172. The number of H-pyrrole nitrogens is 1. The van der Waals surface area contributed by atoms with Crippen molar-refractivity contribution < 1.29 is 9.90 Å². The Morgan fingerprint density at radius 3 is 2.76 bits per heavy atom. The van der Waals surface area contributed by atoms with Crippen LogP contribution in [0.3, 0.4) is 0 Å². The fourth-order valence-corrected chi connectivity index (χ4v) is 2.57. The van der Waals surface area contributed by atoms with Crippen LogP contribution in [0, 0.1) is 0 Å². The Morgan fingerprint density at radius 2 is 2.18 bits per heavy atom. The number of aromatic nitrogens is 1. The van der Waals surface area contributed by atoms with Crippen LogP contribution in [-0.2, 0) is 0 Å². The number of aliphatic hydroxyl groups is 1. The number of hydrogen-bond acceptors (Lipinski definition) is 2. The maximum absolute atomic E-state index is 11.8. The number of rotatable bonds is 3. The van der Waals surface area contributed by atoms with Gasteiger partial charge >= 0.3 is 0 Å². The van der Waals surface area contributed by atoms with Crippen LogP contribution >= 0.6 is 15.9 Å². The molecule has 1 aromatic rings. The Bertz CT molecular complexity index is 397. The molecule has 1 aromatic heterocycles. The average Bonchev–Trinajstić information content (AvgIpc) is 2.74. The second kappa shape index (κ2) is 5.23. The van der Waals surface area contributed by atoms with E-state index in [2.05, 4.69) is 26.2 Å². The molecule has 2 rings (SSSR count). The number of aromatic amines is 1. The van der Waals surface area contributed by atoms with E-state index < -0.39 is 5.60 Å². The highest BCUT2D eigenvalue weighted by atomic mass is 79.9. The summed E-state index contributed by atoms with van der Waals surface area (Å²) in [7, 11) is 0. The molecule has 1 amide bonds. The number of halogens is 1. The van der Waals surface area contributed by atoms with Gasteiger partial charge in [0, 0.05) is 17.2 Å². The summed E-state index contributed by atoms with van der Waals surface area (Å²) in [6.45, 7) is 0.336. The van der Waals surface area contributed by atoms with E-state index in [-0.39, 0.29) is 5.91 Å². The zero-order valence-electron chi connectivity index (χ0n) is 9.63. The summed E-state index contributed by atoms with van der Waals surface area (Å²) in [5, 5.41) is 13.0. The van der Waals surface area contributed by atoms with Gasteiger partial charge in [-0.3, -0.25) is 4.79 Å². The first-order chi connectivity index (χ1) is 8.09. The number of hydrogen-bond donors (Lipinski definition) is 3. The molecule has 1 fully saturated rings. The third-order valence-electron chi connectivity index (χ3n) is 3.25. The van der Waals surface area contributed by atoms with Gasteiger partial charge in [0.25, 0.3) is 5.91 Å². The fraction of sp³-hybridized carbons (Fsp3) is 0.583. The Morgan fingerprint density at radius 1 is 1.47 bits per heavy atom. The van der Waals surface area contributed by atoms with Gasteiger partial charge in [0.15, 0.2) is 0 Å². The van der Waals surface area contributed by atoms with E-state index in [0.29, 0.717) is 12.2 Å². The number of carbonyl (C=O) groups is 1. The van der Waals surface area contributed by atoms with Crippen LogP contribution in [0.5, 0.6) is 0 Å². The highest BCUT2D eigenvalue weighted by Crippen LogP contribution is 2.27. The van der Waals surface area contributed by atoms with Crippen molar-refractivity contribution in [2.45, 2.75) is 37.7 Å². The van der Waals surface area contributed by atoms with Crippen molar-refractivity contribution in [1.82, 2.24) is 10.3 Å². The van der Waals surface area contributed by atoms with Crippen LogP contribution in [0.25, 0.3) is 0 Å². The minimum atomic E-state index is -0.711.